The van der Waals surface area contributed by atoms with Gasteiger partial charge in [-0.05, 0) is 61.4 Å². The molecule has 2 aromatic carbocycles. The number of carbonyl (C=O) groups excluding carboxylic acids is 1. The molecule has 198 valence electrons. The van der Waals surface area contributed by atoms with Crippen LogP contribution in [0, 0.1) is 0 Å². The largest absolute Gasteiger partial charge is 0.424 e. The summed E-state index contributed by atoms with van der Waals surface area (Å²) in [5.74, 6) is 0.171. The first-order valence-electron chi connectivity index (χ1n) is 13.9. The number of nitrogens with zero attached hydrogens (tertiary/aromatic N) is 2. The smallest absolute Gasteiger partial charge is 0.348 e. The molecule has 37 heavy (non-hydrogen) atoms. The van der Waals surface area contributed by atoms with Crippen LogP contribution < -0.4 is 4.74 Å². The summed E-state index contributed by atoms with van der Waals surface area (Å²) in [6.45, 7) is 5.59. The van der Waals surface area contributed by atoms with Crippen molar-refractivity contribution in [1.29, 1.82) is 0 Å². The van der Waals surface area contributed by atoms with Crippen molar-refractivity contribution in [3.63, 3.8) is 0 Å². The van der Waals surface area contributed by atoms with Gasteiger partial charge in [0.2, 0.25) is 5.67 Å². The standard InChI is InChI=1S/C32H41FN2O2/c1-4-6-8-9-10-11-15-25-23-34-30(35-24-25)29-17-13-12-16-28(29)26-18-20-27(21-19-26)37-31(36)32(3,33)22-14-7-5-2/h12-13,16-21,23-24H,4-11,14-15,22H2,1-3H3. The number of esters is 1. The molecule has 3 rings (SSSR count). The van der Waals surface area contributed by atoms with Gasteiger partial charge in [0.25, 0.3) is 0 Å². The average Bonchev–Trinajstić information content (AvgIpc) is 2.91. The van der Waals surface area contributed by atoms with E-state index < -0.39 is 11.6 Å². The molecule has 4 nitrogen and oxygen atoms in total. The predicted molar refractivity (Wildman–Crippen MR) is 149 cm³/mol. The first kappa shape index (κ1) is 28.5. The SMILES string of the molecule is CCCCCCCCc1cnc(-c2ccccc2-c2ccc(OC(=O)C(C)(F)CCCCC)cc2)nc1. The lowest BCUT2D eigenvalue weighted by atomic mass is 9.99. The number of unbranched alkanes of at least 4 members (excludes halogenated alkanes) is 7. The fourth-order valence-corrected chi connectivity index (χ4v) is 4.39. The highest BCUT2D eigenvalue weighted by atomic mass is 19.1. The Morgan fingerprint density at radius 1 is 0.811 bits per heavy atom. The highest BCUT2D eigenvalue weighted by molar-refractivity contribution is 5.82. The van der Waals surface area contributed by atoms with Crippen molar-refractivity contribution >= 4 is 5.97 Å². The van der Waals surface area contributed by atoms with Gasteiger partial charge in [0.1, 0.15) is 5.75 Å². The quantitative estimate of drug-likeness (QED) is 0.118. The maximum absolute atomic E-state index is 14.7. The van der Waals surface area contributed by atoms with E-state index >= 15 is 0 Å². The molecule has 0 amide bonds. The van der Waals surface area contributed by atoms with Crippen molar-refractivity contribution < 1.29 is 13.9 Å². The second kappa shape index (κ2) is 14.6. The minimum absolute atomic E-state index is 0.170. The molecule has 0 spiro atoms. The summed E-state index contributed by atoms with van der Waals surface area (Å²) in [5.41, 5.74) is 2.04. The van der Waals surface area contributed by atoms with E-state index in [2.05, 4.69) is 16.9 Å². The minimum Gasteiger partial charge on any atom is -0.424 e. The molecular weight excluding hydrogens is 463 g/mol. The van der Waals surface area contributed by atoms with Gasteiger partial charge in [-0.1, -0.05) is 95.2 Å². The predicted octanol–water partition coefficient (Wildman–Crippen LogP) is 8.93. The topological polar surface area (TPSA) is 52.1 Å². The van der Waals surface area contributed by atoms with Crippen LogP contribution in [0.2, 0.25) is 0 Å². The lowest BCUT2D eigenvalue weighted by molar-refractivity contribution is -0.147. The van der Waals surface area contributed by atoms with Gasteiger partial charge in [0.05, 0.1) is 0 Å². The molecule has 5 heteroatoms. The van der Waals surface area contributed by atoms with Gasteiger partial charge < -0.3 is 4.74 Å². The second-order valence-corrected chi connectivity index (χ2v) is 10.0. The van der Waals surface area contributed by atoms with E-state index in [0.29, 0.717) is 18.0 Å². The molecule has 3 aromatic rings. The summed E-state index contributed by atoms with van der Waals surface area (Å²) < 4.78 is 20.1. The number of aryl methyl sites for hydroxylation is 1. The molecule has 1 heterocycles. The molecule has 1 aromatic heterocycles. The maximum Gasteiger partial charge on any atom is 0.348 e. The Labute approximate surface area is 221 Å². The summed E-state index contributed by atoms with van der Waals surface area (Å²) in [4.78, 5) is 21.7. The molecule has 1 atom stereocenters. The van der Waals surface area contributed by atoms with Crippen LogP contribution in [0.1, 0.15) is 90.5 Å². The number of rotatable bonds is 15. The summed E-state index contributed by atoms with van der Waals surface area (Å²) in [6.07, 6.45) is 15.2. The van der Waals surface area contributed by atoms with Crippen molar-refractivity contribution in [1.82, 2.24) is 9.97 Å². The number of carbonyl (C=O) groups is 1. The molecule has 0 aliphatic carbocycles. The van der Waals surface area contributed by atoms with E-state index in [0.717, 1.165) is 41.5 Å². The van der Waals surface area contributed by atoms with Crippen LogP contribution >= 0.6 is 0 Å². The van der Waals surface area contributed by atoms with E-state index in [4.69, 9.17) is 4.74 Å². The summed E-state index contributed by atoms with van der Waals surface area (Å²) in [6, 6.07) is 15.1. The van der Waals surface area contributed by atoms with E-state index in [9.17, 15) is 9.18 Å². The van der Waals surface area contributed by atoms with Crippen LogP contribution in [0.5, 0.6) is 5.75 Å². The second-order valence-electron chi connectivity index (χ2n) is 10.0. The molecule has 1 unspecified atom stereocenters. The average molecular weight is 505 g/mol. The Hall–Kier alpha value is -3.08. The van der Waals surface area contributed by atoms with Crippen molar-refractivity contribution in [3.05, 3.63) is 66.5 Å². The Kier molecular flexibility index (Phi) is 11.2. The summed E-state index contributed by atoms with van der Waals surface area (Å²) in [7, 11) is 0. The molecule has 0 bridgehead atoms. The van der Waals surface area contributed by atoms with Crippen LogP contribution in [0.3, 0.4) is 0 Å². The Bertz CT molecular complexity index is 1090. The number of alkyl halides is 1. The van der Waals surface area contributed by atoms with Crippen molar-refractivity contribution in [2.75, 3.05) is 0 Å². The molecule has 0 fully saturated rings. The van der Waals surface area contributed by atoms with E-state index in [1.165, 1.54) is 45.4 Å². The fraction of sp³-hybridized carbons (Fsp3) is 0.469. The van der Waals surface area contributed by atoms with Crippen molar-refractivity contribution in [3.8, 4) is 28.3 Å². The zero-order valence-electron chi connectivity index (χ0n) is 22.6. The third-order valence-electron chi connectivity index (χ3n) is 6.74. The molecule has 0 N–H and O–H groups in total. The van der Waals surface area contributed by atoms with Crippen molar-refractivity contribution in [2.24, 2.45) is 0 Å². The van der Waals surface area contributed by atoms with Crippen LogP contribution in [0.25, 0.3) is 22.5 Å². The van der Waals surface area contributed by atoms with Crippen molar-refractivity contribution in [2.45, 2.75) is 97.1 Å². The van der Waals surface area contributed by atoms with Gasteiger partial charge in [-0.15, -0.1) is 0 Å². The molecular formula is C32H41FN2O2. The molecule has 0 radical (unpaired) electrons. The fourth-order valence-electron chi connectivity index (χ4n) is 4.39. The lowest BCUT2D eigenvalue weighted by Crippen LogP contribution is -2.34. The Balaban J connectivity index is 1.64. The zero-order valence-corrected chi connectivity index (χ0v) is 22.6. The summed E-state index contributed by atoms with van der Waals surface area (Å²) in [5, 5.41) is 0. The van der Waals surface area contributed by atoms with Gasteiger partial charge >= 0.3 is 5.97 Å². The molecule has 0 saturated heterocycles. The first-order chi connectivity index (χ1) is 17.9. The third-order valence-corrected chi connectivity index (χ3v) is 6.74. The number of halogens is 1. The minimum atomic E-state index is -1.99. The molecule has 0 aliphatic heterocycles. The van der Waals surface area contributed by atoms with E-state index in [1.807, 2.05) is 55.7 Å². The van der Waals surface area contributed by atoms with Crippen LogP contribution in [0.15, 0.2) is 60.9 Å². The first-order valence-corrected chi connectivity index (χ1v) is 13.9. The highest BCUT2D eigenvalue weighted by Crippen LogP contribution is 2.32. The van der Waals surface area contributed by atoms with Crippen LogP contribution in [0.4, 0.5) is 4.39 Å². The van der Waals surface area contributed by atoms with Gasteiger partial charge in [-0.3, -0.25) is 0 Å². The van der Waals surface area contributed by atoms with Crippen LogP contribution in [-0.4, -0.2) is 21.6 Å². The normalized spacial score (nSPS) is 12.8. The van der Waals surface area contributed by atoms with Gasteiger partial charge in [0, 0.05) is 18.0 Å². The third kappa shape index (κ3) is 8.77. The number of benzene rings is 2. The maximum atomic E-state index is 14.7. The Morgan fingerprint density at radius 3 is 2.08 bits per heavy atom. The monoisotopic (exact) mass is 504 g/mol. The molecule has 0 saturated carbocycles. The van der Waals surface area contributed by atoms with E-state index in [1.54, 1.807) is 12.1 Å². The number of ether oxygens (including phenoxy) is 1. The Morgan fingerprint density at radius 2 is 1.41 bits per heavy atom. The van der Waals surface area contributed by atoms with E-state index in [-0.39, 0.29) is 6.42 Å². The number of hydrogen-bond acceptors (Lipinski definition) is 4. The van der Waals surface area contributed by atoms with Crippen LogP contribution in [-0.2, 0) is 11.2 Å². The molecule has 0 aliphatic rings. The highest BCUT2D eigenvalue weighted by Gasteiger charge is 2.34. The zero-order chi connectivity index (χ0) is 26.5. The van der Waals surface area contributed by atoms with Gasteiger partial charge in [-0.25, -0.2) is 19.2 Å². The number of aromatic nitrogens is 2. The lowest BCUT2D eigenvalue weighted by Gasteiger charge is -2.18. The summed E-state index contributed by atoms with van der Waals surface area (Å²) >= 11 is 0. The van der Waals surface area contributed by atoms with Gasteiger partial charge in [-0.2, -0.15) is 0 Å². The number of hydrogen-bond donors (Lipinski definition) is 0. The van der Waals surface area contributed by atoms with Gasteiger partial charge in [0.15, 0.2) is 5.82 Å².